The Morgan fingerprint density at radius 1 is 1.12 bits per heavy atom. The number of fused-ring (bicyclic) bond motifs is 1. The van der Waals surface area contributed by atoms with Crippen LogP contribution in [0.2, 0.25) is 0 Å². The Labute approximate surface area is 105 Å². The van der Waals surface area contributed by atoms with E-state index in [-0.39, 0.29) is 0 Å². The molecule has 0 amide bonds. The first-order chi connectivity index (χ1) is 8.01. The zero-order chi connectivity index (χ0) is 12.2. The number of hydrogen-bond acceptors (Lipinski definition) is 2. The molecule has 3 fully saturated rings. The number of rotatable bonds is 2. The van der Waals surface area contributed by atoms with Crippen LogP contribution in [0.15, 0.2) is 0 Å². The van der Waals surface area contributed by atoms with Crippen molar-refractivity contribution in [1.82, 2.24) is 5.32 Å². The van der Waals surface area contributed by atoms with E-state index >= 15 is 0 Å². The van der Waals surface area contributed by atoms with Crippen molar-refractivity contribution in [3.8, 4) is 0 Å². The van der Waals surface area contributed by atoms with Crippen LogP contribution in [0.5, 0.6) is 0 Å². The Balaban J connectivity index is 1.66. The first kappa shape index (κ1) is 12.0. The van der Waals surface area contributed by atoms with Crippen molar-refractivity contribution in [2.24, 2.45) is 23.2 Å². The molecule has 1 aliphatic heterocycles. The van der Waals surface area contributed by atoms with Gasteiger partial charge >= 0.3 is 0 Å². The van der Waals surface area contributed by atoms with Gasteiger partial charge in [-0.2, -0.15) is 0 Å². The molecule has 0 radical (unpaired) electrons. The van der Waals surface area contributed by atoms with E-state index < -0.39 is 0 Å². The largest absolute Gasteiger partial charge is 0.377 e. The summed E-state index contributed by atoms with van der Waals surface area (Å²) in [6, 6.07) is 1.43. The molecule has 98 valence electrons. The van der Waals surface area contributed by atoms with Gasteiger partial charge in [-0.25, -0.2) is 0 Å². The van der Waals surface area contributed by atoms with Crippen LogP contribution in [0.1, 0.15) is 47.0 Å². The van der Waals surface area contributed by atoms with Crippen LogP contribution >= 0.6 is 0 Å². The predicted molar refractivity (Wildman–Crippen MR) is 69.9 cm³/mol. The molecule has 2 saturated carbocycles. The molecule has 0 spiro atoms. The maximum atomic E-state index is 5.87. The molecule has 0 aromatic carbocycles. The van der Waals surface area contributed by atoms with E-state index in [4.69, 9.17) is 4.74 Å². The second kappa shape index (κ2) is 3.96. The van der Waals surface area contributed by atoms with Crippen molar-refractivity contribution in [2.45, 2.75) is 65.1 Å². The molecular formula is C15H27NO. The van der Waals surface area contributed by atoms with E-state index in [1.807, 2.05) is 0 Å². The normalized spacial score (nSPS) is 52.2. The van der Waals surface area contributed by atoms with Crippen molar-refractivity contribution in [1.29, 1.82) is 0 Å². The van der Waals surface area contributed by atoms with E-state index in [0.717, 1.165) is 30.4 Å². The lowest BCUT2D eigenvalue weighted by Crippen LogP contribution is -2.67. The van der Waals surface area contributed by atoms with Crippen molar-refractivity contribution < 1.29 is 4.74 Å². The summed E-state index contributed by atoms with van der Waals surface area (Å²) >= 11 is 0. The summed E-state index contributed by atoms with van der Waals surface area (Å²) in [5.41, 5.74) is 0.340. The van der Waals surface area contributed by atoms with Gasteiger partial charge in [0.25, 0.3) is 0 Å². The number of nitrogens with one attached hydrogen (secondary N) is 1. The molecule has 6 atom stereocenters. The van der Waals surface area contributed by atoms with Gasteiger partial charge < -0.3 is 10.1 Å². The molecule has 3 aliphatic rings. The zero-order valence-corrected chi connectivity index (χ0v) is 11.7. The molecule has 2 heteroatoms. The van der Waals surface area contributed by atoms with Crippen molar-refractivity contribution in [3.05, 3.63) is 0 Å². The van der Waals surface area contributed by atoms with E-state index in [2.05, 4.69) is 33.0 Å². The van der Waals surface area contributed by atoms with E-state index in [0.29, 0.717) is 17.6 Å². The Bertz CT molecular complexity index is 301. The molecule has 1 heterocycles. The van der Waals surface area contributed by atoms with Crippen LogP contribution in [0.3, 0.4) is 0 Å². The minimum Gasteiger partial charge on any atom is -0.377 e. The smallest absolute Gasteiger partial charge is 0.0685 e. The molecule has 1 saturated heterocycles. The molecule has 1 N–H and O–H groups in total. The average Bonchev–Trinajstić information content (AvgIpc) is 2.85. The molecule has 0 aromatic heterocycles. The third kappa shape index (κ3) is 1.67. The lowest BCUT2D eigenvalue weighted by Gasteiger charge is -2.56. The second-order valence-corrected chi connectivity index (χ2v) is 7.23. The fraction of sp³-hybridized carbons (Fsp3) is 1.00. The molecule has 0 aromatic rings. The molecule has 2 nitrogen and oxygen atoms in total. The van der Waals surface area contributed by atoms with Gasteiger partial charge in [0.15, 0.2) is 0 Å². The van der Waals surface area contributed by atoms with Crippen LogP contribution in [-0.2, 0) is 4.74 Å². The molecule has 6 unspecified atom stereocenters. The third-order valence-corrected chi connectivity index (χ3v) is 5.96. The highest BCUT2D eigenvalue weighted by molar-refractivity contribution is 5.12. The predicted octanol–water partition coefficient (Wildman–Crippen LogP) is 2.82. The zero-order valence-electron chi connectivity index (χ0n) is 11.7. The summed E-state index contributed by atoms with van der Waals surface area (Å²) in [5.74, 6) is 2.52. The summed E-state index contributed by atoms with van der Waals surface area (Å²) in [6.45, 7) is 10.6. The highest BCUT2D eigenvalue weighted by Gasteiger charge is 2.59. The SMILES string of the molecule is CC1CCC(NC2C3CCOC3C2(C)C)C1C. The van der Waals surface area contributed by atoms with E-state index in [1.165, 1.54) is 19.3 Å². The molecule has 17 heavy (non-hydrogen) atoms. The van der Waals surface area contributed by atoms with Gasteiger partial charge in [0.2, 0.25) is 0 Å². The summed E-state index contributed by atoms with van der Waals surface area (Å²) in [4.78, 5) is 0. The van der Waals surface area contributed by atoms with Gasteiger partial charge in [0.05, 0.1) is 6.10 Å². The van der Waals surface area contributed by atoms with Gasteiger partial charge in [0, 0.05) is 30.0 Å². The third-order valence-electron chi connectivity index (χ3n) is 5.96. The van der Waals surface area contributed by atoms with Crippen LogP contribution in [0.25, 0.3) is 0 Å². The quantitative estimate of drug-likeness (QED) is 0.797. The summed E-state index contributed by atoms with van der Waals surface area (Å²) in [6.07, 6.45) is 4.56. The van der Waals surface area contributed by atoms with E-state index in [9.17, 15) is 0 Å². The first-order valence-corrected chi connectivity index (χ1v) is 7.39. The maximum Gasteiger partial charge on any atom is 0.0685 e. The maximum absolute atomic E-state index is 5.87. The van der Waals surface area contributed by atoms with Crippen molar-refractivity contribution in [2.75, 3.05) is 6.61 Å². The van der Waals surface area contributed by atoms with Crippen LogP contribution in [-0.4, -0.2) is 24.8 Å². The Morgan fingerprint density at radius 3 is 2.53 bits per heavy atom. The molecule has 2 aliphatic carbocycles. The second-order valence-electron chi connectivity index (χ2n) is 7.23. The van der Waals surface area contributed by atoms with Crippen LogP contribution in [0, 0.1) is 23.2 Å². The molecular weight excluding hydrogens is 210 g/mol. The molecule has 3 rings (SSSR count). The van der Waals surface area contributed by atoms with Crippen molar-refractivity contribution >= 4 is 0 Å². The lowest BCUT2D eigenvalue weighted by molar-refractivity contribution is -0.116. The monoisotopic (exact) mass is 237 g/mol. The standard InChI is InChI=1S/C15H27NO/c1-9-5-6-12(10(9)2)16-13-11-7-8-17-14(11)15(13,3)4/h9-14,16H,5-8H2,1-4H3. The Morgan fingerprint density at radius 2 is 1.88 bits per heavy atom. The van der Waals surface area contributed by atoms with Gasteiger partial charge in [-0.05, 0) is 31.1 Å². The summed E-state index contributed by atoms with van der Waals surface area (Å²) in [5, 5.41) is 3.98. The number of hydrogen-bond donors (Lipinski definition) is 1. The summed E-state index contributed by atoms with van der Waals surface area (Å²) in [7, 11) is 0. The fourth-order valence-electron chi connectivity index (χ4n) is 4.49. The Hall–Kier alpha value is -0.0800. The highest BCUT2D eigenvalue weighted by atomic mass is 16.5. The minimum absolute atomic E-state index is 0.340. The minimum atomic E-state index is 0.340. The van der Waals surface area contributed by atoms with Crippen molar-refractivity contribution in [3.63, 3.8) is 0 Å². The van der Waals surface area contributed by atoms with Gasteiger partial charge in [-0.1, -0.05) is 27.7 Å². The topological polar surface area (TPSA) is 21.3 Å². The fourth-order valence-corrected chi connectivity index (χ4v) is 4.49. The average molecular weight is 237 g/mol. The summed E-state index contributed by atoms with van der Waals surface area (Å²) < 4.78 is 5.87. The highest BCUT2D eigenvalue weighted by Crippen LogP contribution is 2.52. The van der Waals surface area contributed by atoms with Crippen LogP contribution in [0.4, 0.5) is 0 Å². The van der Waals surface area contributed by atoms with Gasteiger partial charge in [-0.3, -0.25) is 0 Å². The lowest BCUT2D eigenvalue weighted by atomic mass is 9.57. The Kier molecular flexibility index (Phi) is 2.79. The van der Waals surface area contributed by atoms with Crippen LogP contribution < -0.4 is 5.32 Å². The molecule has 0 bridgehead atoms. The van der Waals surface area contributed by atoms with Gasteiger partial charge in [-0.15, -0.1) is 0 Å². The first-order valence-electron chi connectivity index (χ1n) is 7.39. The van der Waals surface area contributed by atoms with E-state index in [1.54, 1.807) is 0 Å². The van der Waals surface area contributed by atoms with Gasteiger partial charge in [0.1, 0.15) is 0 Å². The number of ether oxygens (including phenoxy) is 1.